The van der Waals surface area contributed by atoms with Crippen molar-refractivity contribution in [1.82, 2.24) is 15.3 Å². The average molecular weight is 454 g/mol. The van der Waals surface area contributed by atoms with Crippen LogP contribution in [0.1, 0.15) is 11.3 Å². The molecule has 2 aromatic heterocycles. The predicted octanol–water partition coefficient (Wildman–Crippen LogP) is 2.57. The number of aromatic amines is 1. The standard InChI is InChI=1S/C18H16ClN3O5S2/c1-11-4-5-13(7-14(11)19)29(25,26)15-9-21-18(22-17(15)24)28-10-16(23)20-8-12-3-2-6-27-12/h2-7,9H,8,10H2,1H3,(H,20,23)(H,21,22,24). The molecule has 2 heterocycles. The van der Waals surface area contributed by atoms with Crippen LogP contribution in [0.2, 0.25) is 5.02 Å². The van der Waals surface area contributed by atoms with Gasteiger partial charge in [0.15, 0.2) is 10.1 Å². The van der Waals surface area contributed by atoms with Crippen molar-refractivity contribution in [3.8, 4) is 0 Å². The summed E-state index contributed by atoms with van der Waals surface area (Å²) in [5.74, 6) is 0.309. The van der Waals surface area contributed by atoms with Gasteiger partial charge in [-0.15, -0.1) is 0 Å². The molecule has 0 atom stereocenters. The van der Waals surface area contributed by atoms with Gasteiger partial charge in [0.25, 0.3) is 5.56 Å². The molecule has 0 unspecified atom stereocenters. The zero-order valence-corrected chi connectivity index (χ0v) is 17.5. The number of H-pyrrole nitrogens is 1. The number of carbonyl (C=O) groups excluding carboxylic acids is 1. The number of hydrogen-bond acceptors (Lipinski definition) is 7. The van der Waals surface area contributed by atoms with Crippen LogP contribution >= 0.6 is 23.4 Å². The number of benzene rings is 1. The van der Waals surface area contributed by atoms with Crippen LogP contribution in [0.4, 0.5) is 0 Å². The lowest BCUT2D eigenvalue weighted by molar-refractivity contribution is -0.118. The van der Waals surface area contributed by atoms with Crippen molar-refractivity contribution < 1.29 is 17.6 Å². The summed E-state index contributed by atoms with van der Waals surface area (Å²) in [6, 6.07) is 7.67. The molecule has 0 radical (unpaired) electrons. The molecule has 0 saturated heterocycles. The van der Waals surface area contributed by atoms with Crippen LogP contribution in [0.25, 0.3) is 0 Å². The van der Waals surface area contributed by atoms with Crippen molar-refractivity contribution in [2.45, 2.75) is 28.4 Å². The van der Waals surface area contributed by atoms with Gasteiger partial charge >= 0.3 is 0 Å². The second-order valence-corrected chi connectivity index (χ2v) is 9.23. The predicted molar refractivity (Wildman–Crippen MR) is 108 cm³/mol. The maximum absolute atomic E-state index is 12.7. The van der Waals surface area contributed by atoms with Crippen LogP contribution < -0.4 is 10.9 Å². The number of aromatic nitrogens is 2. The Bertz CT molecular complexity index is 1190. The molecule has 0 bridgehead atoms. The zero-order chi connectivity index (χ0) is 21.0. The number of nitrogens with zero attached hydrogens (tertiary/aromatic N) is 1. The minimum Gasteiger partial charge on any atom is -0.467 e. The Labute approximate surface area is 175 Å². The molecule has 0 fully saturated rings. The van der Waals surface area contributed by atoms with E-state index in [2.05, 4.69) is 15.3 Å². The van der Waals surface area contributed by atoms with E-state index in [4.69, 9.17) is 16.0 Å². The van der Waals surface area contributed by atoms with Gasteiger partial charge in [-0.25, -0.2) is 13.4 Å². The van der Waals surface area contributed by atoms with Gasteiger partial charge in [0.2, 0.25) is 15.7 Å². The minimum absolute atomic E-state index is 0.0106. The fourth-order valence-electron chi connectivity index (χ4n) is 2.28. The van der Waals surface area contributed by atoms with Crippen molar-refractivity contribution >= 4 is 39.1 Å². The summed E-state index contributed by atoms with van der Waals surface area (Å²) in [5, 5.41) is 3.06. The lowest BCUT2D eigenvalue weighted by atomic mass is 10.2. The van der Waals surface area contributed by atoms with E-state index in [1.54, 1.807) is 25.1 Å². The van der Waals surface area contributed by atoms with E-state index in [-0.39, 0.29) is 33.3 Å². The van der Waals surface area contributed by atoms with E-state index in [1.165, 1.54) is 18.4 Å². The van der Waals surface area contributed by atoms with Gasteiger partial charge in [-0.2, -0.15) is 0 Å². The Morgan fingerprint density at radius 2 is 2.14 bits per heavy atom. The van der Waals surface area contributed by atoms with Gasteiger partial charge in [0, 0.05) is 5.02 Å². The van der Waals surface area contributed by atoms with Crippen LogP contribution in [-0.2, 0) is 21.2 Å². The molecule has 0 aliphatic rings. The van der Waals surface area contributed by atoms with Crippen molar-refractivity contribution in [3.05, 3.63) is 69.5 Å². The average Bonchev–Trinajstić information content (AvgIpc) is 3.20. The number of aryl methyl sites for hydroxylation is 1. The van der Waals surface area contributed by atoms with Crippen molar-refractivity contribution in [2.75, 3.05) is 5.75 Å². The number of carbonyl (C=O) groups is 1. The smallest absolute Gasteiger partial charge is 0.270 e. The molecule has 11 heteroatoms. The Morgan fingerprint density at radius 3 is 2.79 bits per heavy atom. The van der Waals surface area contributed by atoms with Gasteiger partial charge in [0.05, 0.1) is 29.7 Å². The normalized spacial score (nSPS) is 11.4. The topological polar surface area (TPSA) is 122 Å². The minimum atomic E-state index is -4.08. The first-order chi connectivity index (χ1) is 13.8. The molecule has 0 spiro atoms. The molecule has 1 aromatic carbocycles. The highest BCUT2D eigenvalue weighted by Gasteiger charge is 2.23. The van der Waals surface area contributed by atoms with Crippen LogP contribution in [0, 0.1) is 6.92 Å². The van der Waals surface area contributed by atoms with Crippen molar-refractivity contribution in [3.63, 3.8) is 0 Å². The molecule has 3 rings (SSSR count). The van der Waals surface area contributed by atoms with Crippen molar-refractivity contribution in [1.29, 1.82) is 0 Å². The highest BCUT2D eigenvalue weighted by atomic mass is 35.5. The Morgan fingerprint density at radius 1 is 1.34 bits per heavy atom. The summed E-state index contributed by atoms with van der Waals surface area (Å²) in [7, 11) is -4.08. The van der Waals surface area contributed by atoms with Gasteiger partial charge in [-0.3, -0.25) is 9.59 Å². The van der Waals surface area contributed by atoms with E-state index in [9.17, 15) is 18.0 Å². The number of nitrogens with one attached hydrogen (secondary N) is 2. The number of sulfone groups is 1. The Balaban J connectivity index is 1.68. The number of halogens is 1. The Hall–Kier alpha value is -2.56. The van der Waals surface area contributed by atoms with Crippen LogP contribution in [-0.4, -0.2) is 30.0 Å². The first kappa shape index (κ1) is 21.2. The lowest BCUT2D eigenvalue weighted by Gasteiger charge is -2.07. The molecule has 1 amide bonds. The SMILES string of the molecule is Cc1ccc(S(=O)(=O)c2cnc(SCC(=O)NCc3ccco3)[nH]c2=O)cc1Cl. The van der Waals surface area contributed by atoms with E-state index in [0.717, 1.165) is 23.5 Å². The maximum Gasteiger partial charge on any atom is 0.270 e. The summed E-state index contributed by atoms with van der Waals surface area (Å²) < 4.78 is 30.5. The number of amides is 1. The number of rotatable bonds is 7. The summed E-state index contributed by atoms with van der Waals surface area (Å²) >= 11 is 6.96. The number of hydrogen-bond donors (Lipinski definition) is 2. The largest absolute Gasteiger partial charge is 0.467 e. The van der Waals surface area contributed by atoms with Gasteiger partial charge < -0.3 is 14.7 Å². The Kier molecular flexibility index (Phi) is 6.46. The third-order valence-electron chi connectivity index (χ3n) is 3.87. The lowest BCUT2D eigenvalue weighted by Crippen LogP contribution is -2.25. The highest BCUT2D eigenvalue weighted by Crippen LogP contribution is 2.24. The zero-order valence-electron chi connectivity index (χ0n) is 15.1. The monoisotopic (exact) mass is 453 g/mol. The van der Waals surface area contributed by atoms with Gasteiger partial charge in [-0.1, -0.05) is 29.4 Å². The molecule has 0 saturated carbocycles. The quantitative estimate of drug-likeness (QED) is 0.416. The third-order valence-corrected chi connectivity index (χ3v) is 6.91. The third kappa shape index (κ3) is 5.08. The van der Waals surface area contributed by atoms with Crippen LogP contribution in [0.15, 0.2) is 67.0 Å². The summed E-state index contributed by atoms with van der Waals surface area (Å²) in [4.78, 5) is 29.9. The molecule has 3 aromatic rings. The number of furan rings is 1. The first-order valence-electron chi connectivity index (χ1n) is 8.30. The highest BCUT2D eigenvalue weighted by molar-refractivity contribution is 7.99. The van der Waals surface area contributed by atoms with Crippen LogP contribution in [0.5, 0.6) is 0 Å². The summed E-state index contributed by atoms with van der Waals surface area (Å²) in [6.45, 7) is 1.98. The summed E-state index contributed by atoms with van der Waals surface area (Å²) in [6.07, 6.45) is 2.48. The van der Waals surface area contributed by atoms with E-state index >= 15 is 0 Å². The van der Waals surface area contributed by atoms with E-state index in [1.807, 2.05) is 0 Å². The molecule has 0 aliphatic carbocycles. The molecule has 29 heavy (non-hydrogen) atoms. The van der Waals surface area contributed by atoms with E-state index < -0.39 is 20.3 Å². The van der Waals surface area contributed by atoms with E-state index in [0.29, 0.717) is 5.76 Å². The second-order valence-electron chi connectivity index (χ2n) is 5.94. The fraction of sp³-hybridized carbons (Fsp3) is 0.167. The molecule has 8 nitrogen and oxygen atoms in total. The fourth-order valence-corrected chi connectivity index (χ4v) is 4.45. The first-order valence-corrected chi connectivity index (χ1v) is 11.1. The molecule has 0 aliphatic heterocycles. The summed E-state index contributed by atoms with van der Waals surface area (Å²) in [5.41, 5.74) is -0.107. The van der Waals surface area contributed by atoms with Crippen molar-refractivity contribution in [2.24, 2.45) is 0 Å². The maximum atomic E-state index is 12.7. The molecule has 2 N–H and O–H groups in total. The molecule has 152 valence electrons. The van der Waals surface area contributed by atoms with Gasteiger partial charge in [-0.05, 0) is 36.8 Å². The second kappa shape index (κ2) is 8.85. The van der Waals surface area contributed by atoms with Gasteiger partial charge in [0.1, 0.15) is 5.76 Å². The van der Waals surface area contributed by atoms with Crippen LogP contribution in [0.3, 0.4) is 0 Å². The molecular formula is C18H16ClN3O5S2. The number of thioether (sulfide) groups is 1. The molecular weight excluding hydrogens is 438 g/mol.